The Bertz CT molecular complexity index is 425. The molecule has 3 fully saturated rings. The summed E-state index contributed by atoms with van der Waals surface area (Å²) in [5, 5.41) is 9.67. The first kappa shape index (κ1) is 12.9. The van der Waals surface area contributed by atoms with Gasteiger partial charge in [0.1, 0.15) is 5.75 Å². The third-order valence-corrected chi connectivity index (χ3v) is 5.17. The van der Waals surface area contributed by atoms with Gasteiger partial charge in [-0.15, -0.1) is 0 Å². The van der Waals surface area contributed by atoms with Crippen LogP contribution < -0.4 is 4.74 Å². The number of benzene rings is 1. The maximum absolute atomic E-state index is 9.67. The molecule has 2 aliphatic heterocycles. The van der Waals surface area contributed by atoms with E-state index in [2.05, 4.69) is 24.1 Å². The molecule has 4 rings (SSSR count). The van der Waals surface area contributed by atoms with Crippen molar-refractivity contribution in [2.45, 2.75) is 31.3 Å². The second kappa shape index (κ2) is 5.14. The second-order valence-electron chi connectivity index (χ2n) is 6.02. The highest BCUT2D eigenvalue weighted by Gasteiger charge is 2.48. The Kier molecular flexibility index (Phi) is 3.50. The zero-order valence-electron chi connectivity index (χ0n) is 11.7. The number of likely N-dealkylation sites (N-methyl/N-ethyl adjacent to an activating group) is 1. The Morgan fingerprint density at radius 2 is 1.95 bits per heavy atom. The van der Waals surface area contributed by atoms with Gasteiger partial charge in [0.25, 0.3) is 0 Å². The van der Waals surface area contributed by atoms with E-state index in [4.69, 9.17) is 4.74 Å². The first-order chi connectivity index (χ1) is 9.22. The van der Waals surface area contributed by atoms with E-state index in [1.807, 2.05) is 12.1 Å². The third kappa shape index (κ3) is 2.26. The first-order valence-corrected chi connectivity index (χ1v) is 7.18. The molecule has 3 nitrogen and oxygen atoms in total. The average Bonchev–Trinajstić information content (AvgIpc) is 2.38. The van der Waals surface area contributed by atoms with E-state index in [1.54, 1.807) is 7.11 Å². The van der Waals surface area contributed by atoms with Gasteiger partial charge in [0, 0.05) is 12.1 Å². The predicted molar refractivity (Wildman–Crippen MR) is 75.3 cm³/mol. The summed E-state index contributed by atoms with van der Waals surface area (Å²) in [6.07, 6.45) is 3.69. The van der Waals surface area contributed by atoms with Crippen LogP contribution in [-0.2, 0) is 6.42 Å². The minimum atomic E-state index is 0.282. The Hall–Kier alpha value is -1.06. The van der Waals surface area contributed by atoms with Crippen molar-refractivity contribution in [2.75, 3.05) is 20.8 Å². The molecule has 0 aromatic heterocycles. The number of hydrogen-bond donors (Lipinski definition) is 1. The van der Waals surface area contributed by atoms with E-state index < -0.39 is 0 Å². The molecule has 1 aliphatic carbocycles. The maximum Gasteiger partial charge on any atom is 0.118 e. The molecular weight excluding hydrogens is 238 g/mol. The molecule has 2 atom stereocenters. The molecule has 3 heteroatoms. The molecule has 0 amide bonds. The van der Waals surface area contributed by atoms with Crippen molar-refractivity contribution in [3.63, 3.8) is 0 Å². The number of fused-ring (bicyclic) bond motifs is 2. The fourth-order valence-corrected chi connectivity index (χ4v) is 3.80. The van der Waals surface area contributed by atoms with Gasteiger partial charge in [0.2, 0.25) is 0 Å². The van der Waals surface area contributed by atoms with Crippen LogP contribution in [0.1, 0.15) is 18.4 Å². The van der Waals surface area contributed by atoms with E-state index in [9.17, 15) is 5.11 Å². The number of aliphatic hydroxyl groups is 1. The van der Waals surface area contributed by atoms with Crippen LogP contribution in [0.2, 0.25) is 0 Å². The van der Waals surface area contributed by atoms with Gasteiger partial charge in [-0.05, 0) is 55.8 Å². The van der Waals surface area contributed by atoms with Crippen molar-refractivity contribution >= 4 is 0 Å². The molecule has 1 aromatic carbocycles. The molecule has 1 aromatic rings. The second-order valence-corrected chi connectivity index (χ2v) is 6.02. The van der Waals surface area contributed by atoms with Crippen molar-refractivity contribution in [2.24, 2.45) is 11.8 Å². The molecule has 3 aliphatic rings. The van der Waals surface area contributed by atoms with Crippen LogP contribution in [0.25, 0.3) is 0 Å². The largest absolute Gasteiger partial charge is 0.497 e. The van der Waals surface area contributed by atoms with E-state index in [0.29, 0.717) is 18.0 Å². The lowest BCUT2D eigenvalue weighted by molar-refractivity contribution is -0.0822. The normalized spacial score (nSPS) is 33.8. The van der Waals surface area contributed by atoms with Gasteiger partial charge in [0.05, 0.1) is 13.7 Å². The Morgan fingerprint density at radius 1 is 1.26 bits per heavy atom. The summed E-state index contributed by atoms with van der Waals surface area (Å²) in [5.41, 5.74) is 1.35. The number of methoxy groups -OCH3 is 1. The quantitative estimate of drug-likeness (QED) is 0.899. The molecule has 0 radical (unpaired) electrons. The zero-order valence-corrected chi connectivity index (χ0v) is 11.7. The number of aliphatic hydroxyl groups excluding tert-OH is 1. The molecule has 1 saturated carbocycles. The number of rotatable bonds is 4. The Balaban J connectivity index is 1.73. The lowest BCUT2D eigenvalue weighted by atomic mass is 9.63. The topological polar surface area (TPSA) is 32.7 Å². The highest BCUT2D eigenvalue weighted by Crippen LogP contribution is 2.46. The lowest BCUT2D eigenvalue weighted by Crippen LogP contribution is -2.61. The van der Waals surface area contributed by atoms with Crippen molar-refractivity contribution in [1.82, 2.24) is 4.90 Å². The average molecular weight is 261 g/mol. The summed E-state index contributed by atoms with van der Waals surface area (Å²) in [6.45, 7) is 0.282. The van der Waals surface area contributed by atoms with Gasteiger partial charge in [-0.25, -0.2) is 0 Å². The lowest BCUT2D eigenvalue weighted by Gasteiger charge is -2.56. The van der Waals surface area contributed by atoms with Crippen LogP contribution >= 0.6 is 0 Å². The SMILES string of the molecule is COc1ccc(CC2C3CC(C3)N(C)C2CO)cc1. The van der Waals surface area contributed by atoms with Crippen LogP contribution in [0.5, 0.6) is 5.75 Å². The standard InChI is InChI=1S/C16H23NO2/c1-17-13-8-12(9-13)15(16(17)10-18)7-11-3-5-14(19-2)6-4-11/h3-6,12-13,15-16,18H,7-10H2,1-2H3. The highest BCUT2D eigenvalue weighted by atomic mass is 16.5. The summed E-state index contributed by atoms with van der Waals surface area (Å²) in [4.78, 5) is 2.40. The minimum Gasteiger partial charge on any atom is -0.497 e. The monoisotopic (exact) mass is 261 g/mol. The summed E-state index contributed by atoms with van der Waals surface area (Å²) in [5.74, 6) is 2.31. The fourth-order valence-electron chi connectivity index (χ4n) is 3.80. The van der Waals surface area contributed by atoms with Gasteiger partial charge >= 0.3 is 0 Å². The zero-order chi connectivity index (χ0) is 13.4. The van der Waals surface area contributed by atoms with Gasteiger partial charge in [-0.1, -0.05) is 12.1 Å². The molecule has 2 bridgehead atoms. The van der Waals surface area contributed by atoms with E-state index in [-0.39, 0.29) is 6.61 Å². The number of piperidine rings is 2. The first-order valence-electron chi connectivity index (χ1n) is 7.18. The molecule has 104 valence electrons. The Labute approximate surface area is 115 Å². The van der Waals surface area contributed by atoms with Crippen LogP contribution in [-0.4, -0.2) is 42.9 Å². The smallest absolute Gasteiger partial charge is 0.118 e. The summed E-state index contributed by atoms with van der Waals surface area (Å²) in [7, 11) is 3.86. The van der Waals surface area contributed by atoms with Crippen molar-refractivity contribution in [3.8, 4) is 5.75 Å². The van der Waals surface area contributed by atoms with Crippen LogP contribution in [0.3, 0.4) is 0 Å². The molecular formula is C16H23NO2. The van der Waals surface area contributed by atoms with Gasteiger partial charge in [-0.3, -0.25) is 4.90 Å². The van der Waals surface area contributed by atoms with Gasteiger partial charge in [-0.2, -0.15) is 0 Å². The van der Waals surface area contributed by atoms with Crippen LogP contribution in [0, 0.1) is 11.8 Å². The van der Waals surface area contributed by atoms with Gasteiger partial charge in [0.15, 0.2) is 0 Å². The highest BCUT2D eigenvalue weighted by molar-refractivity contribution is 5.28. The van der Waals surface area contributed by atoms with Crippen molar-refractivity contribution in [1.29, 1.82) is 0 Å². The van der Waals surface area contributed by atoms with Crippen LogP contribution in [0.15, 0.2) is 24.3 Å². The summed E-state index contributed by atoms with van der Waals surface area (Å²) < 4.78 is 5.20. The Morgan fingerprint density at radius 3 is 2.53 bits per heavy atom. The predicted octanol–water partition coefficient (Wildman–Crippen LogP) is 1.94. The van der Waals surface area contributed by atoms with Gasteiger partial charge < -0.3 is 9.84 Å². The summed E-state index contributed by atoms with van der Waals surface area (Å²) >= 11 is 0. The van der Waals surface area contributed by atoms with Crippen molar-refractivity contribution < 1.29 is 9.84 Å². The maximum atomic E-state index is 9.67. The van der Waals surface area contributed by atoms with E-state index in [1.165, 1.54) is 18.4 Å². The van der Waals surface area contributed by atoms with E-state index in [0.717, 1.165) is 18.1 Å². The number of ether oxygens (including phenoxy) is 1. The van der Waals surface area contributed by atoms with Crippen LogP contribution in [0.4, 0.5) is 0 Å². The molecule has 19 heavy (non-hydrogen) atoms. The minimum absolute atomic E-state index is 0.282. The molecule has 2 unspecified atom stereocenters. The van der Waals surface area contributed by atoms with E-state index >= 15 is 0 Å². The molecule has 0 spiro atoms. The molecule has 2 saturated heterocycles. The summed E-state index contributed by atoms with van der Waals surface area (Å²) in [6, 6.07) is 9.41. The van der Waals surface area contributed by atoms with Crippen molar-refractivity contribution in [3.05, 3.63) is 29.8 Å². The number of nitrogens with zero attached hydrogens (tertiary/aromatic N) is 1. The fraction of sp³-hybridized carbons (Fsp3) is 0.625. The molecule has 2 heterocycles. The third-order valence-electron chi connectivity index (χ3n) is 5.17. The molecule has 1 N–H and O–H groups in total. The number of hydrogen-bond acceptors (Lipinski definition) is 3.